The molecule has 4 nitrogen and oxygen atoms in total. The van der Waals surface area contributed by atoms with E-state index < -0.39 is 0 Å². The molecule has 2 N–H and O–H groups in total. The molecule has 2 rings (SSSR count). The van der Waals surface area contributed by atoms with Crippen molar-refractivity contribution in [2.24, 2.45) is 11.7 Å². The Kier molecular flexibility index (Phi) is 5.22. The van der Waals surface area contributed by atoms with Gasteiger partial charge in [0, 0.05) is 18.6 Å². The van der Waals surface area contributed by atoms with Gasteiger partial charge in [-0.2, -0.15) is 0 Å². The average Bonchev–Trinajstić information content (AvgIpc) is 2.37. The van der Waals surface area contributed by atoms with Crippen LogP contribution in [0.25, 0.3) is 0 Å². The molecule has 0 unspecified atom stereocenters. The van der Waals surface area contributed by atoms with Crippen LogP contribution < -0.4 is 5.73 Å². The summed E-state index contributed by atoms with van der Waals surface area (Å²) in [6.07, 6.45) is 6.97. The first kappa shape index (κ1) is 14.8. The summed E-state index contributed by atoms with van der Waals surface area (Å²) in [5.74, 6) is 0.728. The molecule has 1 amide bonds. The molecular weight excluding hydrogens is 240 g/mol. The minimum absolute atomic E-state index is 0.136. The summed E-state index contributed by atoms with van der Waals surface area (Å²) in [6.45, 7) is 5.34. The van der Waals surface area contributed by atoms with Gasteiger partial charge in [-0.3, -0.25) is 4.79 Å². The molecule has 0 aromatic carbocycles. The number of nitrogens with zero attached hydrogens (tertiary/aromatic N) is 1. The van der Waals surface area contributed by atoms with Gasteiger partial charge in [-0.1, -0.05) is 19.8 Å². The van der Waals surface area contributed by atoms with E-state index in [1.165, 1.54) is 19.3 Å². The second kappa shape index (κ2) is 6.71. The van der Waals surface area contributed by atoms with Crippen LogP contribution in [0.15, 0.2) is 0 Å². The third kappa shape index (κ3) is 3.93. The van der Waals surface area contributed by atoms with E-state index in [9.17, 15) is 4.79 Å². The highest BCUT2D eigenvalue weighted by atomic mass is 16.5. The molecule has 0 aromatic rings. The number of ether oxygens (including phenoxy) is 1. The minimum Gasteiger partial charge on any atom is -0.368 e. The highest BCUT2D eigenvalue weighted by molar-refractivity contribution is 5.77. The fourth-order valence-electron chi connectivity index (χ4n) is 3.37. The van der Waals surface area contributed by atoms with Crippen molar-refractivity contribution in [1.29, 1.82) is 0 Å². The van der Waals surface area contributed by atoms with Crippen LogP contribution in [0.1, 0.15) is 52.4 Å². The van der Waals surface area contributed by atoms with Crippen molar-refractivity contribution in [1.82, 2.24) is 4.90 Å². The first-order valence-electron chi connectivity index (χ1n) is 7.74. The standard InChI is InChI=1S/C15H28N2O2/c1-11-5-3-4-6-14(11)19-10-15(18)17-8-7-13(16)9-12(17)2/h11-14H,3-10,16H2,1-2H3/t11-,12-,13+,14+/m1/s1. The predicted molar refractivity (Wildman–Crippen MR) is 75.8 cm³/mol. The van der Waals surface area contributed by atoms with Crippen molar-refractivity contribution < 1.29 is 9.53 Å². The van der Waals surface area contributed by atoms with E-state index in [1.54, 1.807) is 0 Å². The van der Waals surface area contributed by atoms with Gasteiger partial charge in [0.05, 0.1) is 6.10 Å². The molecular formula is C15H28N2O2. The molecule has 1 aliphatic carbocycles. The molecule has 2 aliphatic rings. The number of nitrogens with two attached hydrogens (primary N) is 1. The lowest BCUT2D eigenvalue weighted by molar-refractivity contribution is -0.143. The van der Waals surface area contributed by atoms with E-state index in [0.29, 0.717) is 5.92 Å². The lowest BCUT2D eigenvalue weighted by Gasteiger charge is -2.37. The Labute approximate surface area is 116 Å². The fourth-order valence-corrected chi connectivity index (χ4v) is 3.37. The van der Waals surface area contributed by atoms with Crippen LogP contribution in [0.5, 0.6) is 0 Å². The van der Waals surface area contributed by atoms with Crippen LogP contribution in [-0.4, -0.2) is 42.1 Å². The van der Waals surface area contributed by atoms with Crippen molar-refractivity contribution in [3.63, 3.8) is 0 Å². The summed E-state index contributed by atoms with van der Waals surface area (Å²) >= 11 is 0. The normalized spacial score (nSPS) is 36.3. The van der Waals surface area contributed by atoms with Crippen molar-refractivity contribution in [3.8, 4) is 0 Å². The SMILES string of the molecule is C[C@@H]1CCCC[C@@H]1OCC(=O)N1CC[C@H](N)C[C@H]1C. The highest BCUT2D eigenvalue weighted by Gasteiger charge is 2.28. The quantitative estimate of drug-likeness (QED) is 0.851. The number of likely N-dealkylation sites (tertiary alicyclic amines) is 1. The Morgan fingerprint density at radius 1 is 1.26 bits per heavy atom. The molecule has 1 heterocycles. The number of piperidine rings is 1. The Hall–Kier alpha value is -0.610. The molecule has 1 aliphatic heterocycles. The molecule has 0 aromatic heterocycles. The topological polar surface area (TPSA) is 55.6 Å². The van der Waals surface area contributed by atoms with E-state index in [2.05, 4.69) is 13.8 Å². The maximum atomic E-state index is 12.2. The maximum Gasteiger partial charge on any atom is 0.248 e. The molecule has 19 heavy (non-hydrogen) atoms. The van der Waals surface area contributed by atoms with E-state index in [1.807, 2.05) is 4.90 Å². The lowest BCUT2D eigenvalue weighted by Crippen LogP contribution is -2.49. The summed E-state index contributed by atoms with van der Waals surface area (Å²) in [5, 5.41) is 0. The minimum atomic E-state index is 0.136. The summed E-state index contributed by atoms with van der Waals surface area (Å²) in [6, 6.07) is 0.502. The van der Waals surface area contributed by atoms with Crippen molar-refractivity contribution in [2.75, 3.05) is 13.2 Å². The van der Waals surface area contributed by atoms with Crippen molar-refractivity contribution >= 4 is 5.91 Å². The van der Waals surface area contributed by atoms with Crippen LogP contribution >= 0.6 is 0 Å². The molecule has 2 fully saturated rings. The second-order valence-corrected chi connectivity index (χ2v) is 6.33. The number of rotatable bonds is 3. The van der Waals surface area contributed by atoms with E-state index in [0.717, 1.165) is 25.8 Å². The van der Waals surface area contributed by atoms with Crippen LogP contribution in [0, 0.1) is 5.92 Å². The molecule has 4 atom stereocenters. The maximum absolute atomic E-state index is 12.2. The average molecular weight is 268 g/mol. The van der Waals surface area contributed by atoms with Gasteiger partial charge < -0.3 is 15.4 Å². The molecule has 1 saturated heterocycles. The van der Waals surface area contributed by atoms with E-state index in [-0.39, 0.29) is 30.7 Å². The molecule has 1 saturated carbocycles. The number of hydrogen-bond donors (Lipinski definition) is 1. The third-order valence-electron chi connectivity index (χ3n) is 4.69. The lowest BCUT2D eigenvalue weighted by atomic mass is 9.88. The molecule has 0 bridgehead atoms. The third-order valence-corrected chi connectivity index (χ3v) is 4.69. The van der Waals surface area contributed by atoms with Crippen LogP contribution in [0.2, 0.25) is 0 Å². The molecule has 110 valence electrons. The Bertz CT molecular complexity index is 309. The number of carbonyl (C=O) groups is 1. The number of hydrogen-bond acceptors (Lipinski definition) is 3. The van der Waals surface area contributed by atoms with E-state index >= 15 is 0 Å². The van der Waals surface area contributed by atoms with Gasteiger partial charge >= 0.3 is 0 Å². The summed E-state index contributed by atoms with van der Waals surface area (Å²) in [5.41, 5.74) is 5.93. The van der Waals surface area contributed by atoms with Crippen molar-refractivity contribution in [3.05, 3.63) is 0 Å². The zero-order valence-corrected chi connectivity index (χ0v) is 12.3. The van der Waals surface area contributed by atoms with Crippen molar-refractivity contribution in [2.45, 2.75) is 70.6 Å². The smallest absolute Gasteiger partial charge is 0.248 e. The number of amides is 1. The Morgan fingerprint density at radius 3 is 2.68 bits per heavy atom. The number of carbonyl (C=O) groups excluding carboxylic acids is 1. The Balaban J connectivity index is 1.77. The molecule has 0 spiro atoms. The van der Waals surface area contributed by atoms with Crippen LogP contribution in [-0.2, 0) is 9.53 Å². The van der Waals surface area contributed by atoms with Gasteiger partial charge in [-0.25, -0.2) is 0 Å². The fraction of sp³-hybridized carbons (Fsp3) is 0.933. The first-order chi connectivity index (χ1) is 9.08. The Morgan fingerprint density at radius 2 is 2.00 bits per heavy atom. The highest BCUT2D eigenvalue weighted by Crippen LogP contribution is 2.26. The van der Waals surface area contributed by atoms with Gasteiger partial charge in [-0.05, 0) is 38.5 Å². The predicted octanol–water partition coefficient (Wildman–Crippen LogP) is 1.92. The zero-order valence-electron chi connectivity index (χ0n) is 12.3. The first-order valence-corrected chi connectivity index (χ1v) is 7.74. The summed E-state index contributed by atoms with van der Waals surface area (Å²) in [7, 11) is 0. The second-order valence-electron chi connectivity index (χ2n) is 6.33. The van der Waals surface area contributed by atoms with Crippen LogP contribution in [0.4, 0.5) is 0 Å². The van der Waals surface area contributed by atoms with Crippen LogP contribution in [0.3, 0.4) is 0 Å². The monoisotopic (exact) mass is 268 g/mol. The van der Waals surface area contributed by atoms with E-state index in [4.69, 9.17) is 10.5 Å². The zero-order chi connectivity index (χ0) is 13.8. The van der Waals surface area contributed by atoms with Gasteiger partial charge in [0.15, 0.2) is 0 Å². The van der Waals surface area contributed by atoms with Gasteiger partial charge in [-0.15, -0.1) is 0 Å². The largest absolute Gasteiger partial charge is 0.368 e. The summed E-state index contributed by atoms with van der Waals surface area (Å²) < 4.78 is 5.86. The summed E-state index contributed by atoms with van der Waals surface area (Å²) in [4.78, 5) is 14.2. The van der Waals surface area contributed by atoms with Gasteiger partial charge in [0.25, 0.3) is 0 Å². The molecule has 4 heteroatoms. The molecule has 0 radical (unpaired) electrons. The van der Waals surface area contributed by atoms with Gasteiger partial charge in [0.2, 0.25) is 5.91 Å². The van der Waals surface area contributed by atoms with Gasteiger partial charge in [0.1, 0.15) is 6.61 Å².